The average molecular weight is 230 g/mol. The second-order valence-corrected chi connectivity index (χ2v) is 3.87. The van der Waals surface area contributed by atoms with Crippen LogP contribution >= 0.6 is 0 Å². The third-order valence-electron chi connectivity index (χ3n) is 2.66. The van der Waals surface area contributed by atoms with Gasteiger partial charge in [0.05, 0.1) is 23.1 Å². The number of rotatable bonds is 2. The monoisotopic (exact) mass is 230 g/mol. The molecule has 1 amide bonds. The highest BCUT2D eigenvalue weighted by Crippen LogP contribution is 2.14. The van der Waals surface area contributed by atoms with Crippen molar-refractivity contribution < 1.29 is 4.79 Å². The first kappa shape index (κ1) is 11.3. The lowest BCUT2D eigenvalue weighted by Gasteiger charge is -2.04. The molecule has 0 aliphatic carbocycles. The smallest absolute Gasteiger partial charge is 0.259 e. The van der Waals surface area contributed by atoms with Crippen LogP contribution in [-0.4, -0.2) is 20.7 Å². The van der Waals surface area contributed by atoms with Crippen LogP contribution < -0.4 is 5.32 Å². The number of amides is 1. The van der Waals surface area contributed by atoms with Crippen LogP contribution in [0, 0.1) is 13.8 Å². The minimum absolute atomic E-state index is 0.152. The molecular formula is C12H14N4O. The molecule has 2 heterocycles. The molecular weight excluding hydrogens is 216 g/mol. The van der Waals surface area contributed by atoms with Gasteiger partial charge >= 0.3 is 0 Å². The van der Waals surface area contributed by atoms with Gasteiger partial charge in [-0.3, -0.25) is 14.5 Å². The second kappa shape index (κ2) is 4.37. The maximum atomic E-state index is 12.1. The lowest BCUT2D eigenvalue weighted by molar-refractivity contribution is 0.102. The third kappa shape index (κ3) is 2.18. The Balaban J connectivity index is 2.27. The van der Waals surface area contributed by atoms with Gasteiger partial charge in [0.1, 0.15) is 0 Å². The first-order valence-corrected chi connectivity index (χ1v) is 5.31. The Labute approximate surface area is 99.5 Å². The van der Waals surface area contributed by atoms with Crippen molar-refractivity contribution in [1.82, 2.24) is 14.8 Å². The molecule has 88 valence electrons. The summed E-state index contributed by atoms with van der Waals surface area (Å²) >= 11 is 0. The van der Waals surface area contributed by atoms with Crippen molar-refractivity contribution in [1.29, 1.82) is 0 Å². The SMILES string of the molecule is Cc1nn(C)c(C)c1C(=O)Nc1cccnc1. The molecule has 1 N–H and O–H groups in total. The number of carbonyl (C=O) groups is 1. The molecule has 0 spiro atoms. The highest BCUT2D eigenvalue weighted by Gasteiger charge is 2.17. The van der Waals surface area contributed by atoms with Crippen LogP contribution in [0.5, 0.6) is 0 Å². The zero-order chi connectivity index (χ0) is 12.4. The van der Waals surface area contributed by atoms with Gasteiger partial charge in [-0.1, -0.05) is 0 Å². The van der Waals surface area contributed by atoms with E-state index in [1.807, 2.05) is 20.9 Å². The van der Waals surface area contributed by atoms with Crippen molar-refractivity contribution in [2.24, 2.45) is 7.05 Å². The summed E-state index contributed by atoms with van der Waals surface area (Å²) in [6, 6.07) is 3.57. The Kier molecular flexibility index (Phi) is 2.91. The van der Waals surface area contributed by atoms with E-state index in [0.717, 1.165) is 11.4 Å². The first-order chi connectivity index (χ1) is 8.09. The molecule has 0 aliphatic heterocycles. The maximum absolute atomic E-state index is 12.1. The van der Waals surface area contributed by atoms with Crippen LogP contribution in [0.1, 0.15) is 21.7 Å². The summed E-state index contributed by atoms with van der Waals surface area (Å²) in [6.07, 6.45) is 3.27. The van der Waals surface area contributed by atoms with Crippen molar-refractivity contribution in [2.45, 2.75) is 13.8 Å². The Morgan fingerprint density at radius 2 is 2.18 bits per heavy atom. The normalized spacial score (nSPS) is 10.3. The van der Waals surface area contributed by atoms with Crippen molar-refractivity contribution >= 4 is 11.6 Å². The highest BCUT2D eigenvalue weighted by molar-refractivity contribution is 6.05. The molecule has 2 rings (SSSR count). The van der Waals surface area contributed by atoms with Crippen LogP contribution in [0.3, 0.4) is 0 Å². The van der Waals surface area contributed by atoms with Gasteiger partial charge in [0.25, 0.3) is 5.91 Å². The predicted octanol–water partition coefficient (Wildman–Crippen LogP) is 1.68. The minimum Gasteiger partial charge on any atom is -0.320 e. The van der Waals surface area contributed by atoms with E-state index < -0.39 is 0 Å². The summed E-state index contributed by atoms with van der Waals surface area (Å²) in [6.45, 7) is 3.70. The fourth-order valence-electron chi connectivity index (χ4n) is 1.73. The number of nitrogens with zero attached hydrogens (tertiary/aromatic N) is 3. The fourth-order valence-corrected chi connectivity index (χ4v) is 1.73. The summed E-state index contributed by atoms with van der Waals surface area (Å²) in [5, 5.41) is 7.01. The lowest BCUT2D eigenvalue weighted by Crippen LogP contribution is -2.14. The Hall–Kier alpha value is -2.17. The van der Waals surface area contributed by atoms with E-state index in [1.165, 1.54) is 0 Å². The van der Waals surface area contributed by atoms with Crippen molar-refractivity contribution in [2.75, 3.05) is 5.32 Å². The van der Waals surface area contributed by atoms with Crippen LogP contribution in [-0.2, 0) is 7.05 Å². The van der Waals surface area contributed by atoms with E-state index in [4.69, 9.17) is 0 Å². The molecule has 17 heavy (non-hydrogen) atoms. The van der Waals surface area contributed by atoms with Gasteiger partial charge in [0.2, 0.25) is 0 Å². The van der Waals surface area contributed by atoms with E-state index >= 15 is 0 Å². The number of anilines is 1. The van der Waals surface area contributed by atoms with Crippen LogP contribution in [0.25, 0.3) is 0 Å². The number of hydrogen-bond acceptors (Lipinski definition) is 3. The molecule has 0 aliphatic rings. The van der Waals surface area contributed by atoms with Crippen molar-refractivity contribution in [3.8, 4) is 0 Å². The molecule has 0 unspecified atom stereocenters. The molecule has 0 fully saturated rings. The highest BCUT2D eigenvalue weighted by atomic mass is 16.1. The molecule has 0 atom stereocenters. The molecule has 0 radical (unpaired) electrons. The van der Waals surface area contributed by atoms with E-state index in [2.05, 4.69) is 15.4 Å². The van der Waals surface area contributed by atoms with Gasteiger partial charge in [0, 0.05) is 18.9 Å². The van der Waals surface area contributed by atoms with Gasteiger partial charge in [-0.05, 0) is 26.0 Å². The fraction of sp³-hybridized carbons (Fsp3) is 0.250. The maximum Gasteiger partial charge on any atom is 0.259 e. The van der Waals surface area contributed by atoms with Crippen LogP contribution in [0.2, 0.25) is 0 Å². The number of nitrogens with one attached hydrogen (secondary N) is 1. The molecule has 5 heteroatoms. The molecule has 2 aromatic heterocycles. The zero-order valence-electron chi connectivity index (χ0n) is 10.1. The van der Waals surface area contributed by atoms with E-state index in [-0.39, 0.29) is 5.91 Å². The summed E-state index contributed by atoms with van der Waals surface area (Å²) in [4.78, 5) is 16.0. The summed E-state index contributed by atoms with van der Waals surface area (Å²) in [5.41, 5.74) is 2.88. The first-order valence-electron chi connectivity index (χ1n) is 5.31. The number of pyridine rings is 1. The largest absolute Gasteiger partial charge is 0.320 e. The van der Waals surface area contributed by atoms with E-state index in [0.29, 0.717) is 11.3 Å². The van der Waals surface area contributed by atoms with Gasteiger partial charge in [-0.2, -0.15) is 5.10 Å². The molecule has 0 saturated heterocycles. The van der Waals surface area contributed by atoms with Gasteiger partial charge < -0.3 is 5.32 Å². The van der Waals surface area contributed by atoms with Gasteiger partial charge in [-0.25, -0.2) is 0 Å². The Bertz CT molecular complexity index is 545. The molecule has 0 saturated carbocycles. The lowest BCUT2D eigenvalue weighted by atomic mass is 10.2. The molecule has 0 bridgehead atoms. The third-order valence-corrected chi connectivity index (χ3v) is 2.66. The predicted molar refractivity (Wildman–Crippen MR) is 64.9 cm³/mol. The van der Waals surface area contributed by atoms with Crippen molar-refractivity contribution in [3.05, 3.63) is 41.5 Å². The Morgan fingerprint density at radius 3 is 2.71 bits per heavy atom. The summed E-state index contributed by atoms with van der Waals surface area (Å²) in [5.74, 6) is -0.152. The van der Waals surface area contributed by atoms with Crippen molar-refractivity contribution in [3.63, 3.8) is 0 Å². The Morgan fingerprint density at radius 1 is 1.41 bits per heavy atom. The van der Waals surface area contributed by atoms with Crippen LogP contribution in [0.4, 0.5) is 5.69 Å². The number of hydrogen-bond donors (Lipinski definition) is 1. The van der Waals surface area contributed by atoms with Gasteiger partial charge in [0.15, 0.2) is 0 Å². The molecule has 2 aromatic rings. The molecule has 5 nitrogen and oxygen atoms in total. The topological polar surface area (TPSA) is 59.8 Å². The number of carbonyl (C=O) groups excluding carboxylic acids is 1. The minimum atomic E-state index is -0.152. The second-order valence-electron chi connectivity index (χ2n) is 3.87. The van der Waals surface area contributed by atoms with Crippen LogP contribution in [0.15, 0.2) is 24.5 Å². The summed E-state index contributed by atoms with van der Waals surface area (Å²) in [7, 11) is 1.82. The number of aryl methyl sites for hydroxylation is 2. The average Bonchev–Trinajstić information content (AvgIpc) is 2.54. The standard InChI is InChI=1S/C12H14N4O/c1-8-11(9(2)16(3)15-8)12(17)14-10-5-4-6-13-7-10/h4-7H,1-3H3,(H,14,17). The van der Waals surface area contributed by atoms with E-state index in [1.54, 1.807) is 29.2 Å². The quantitative estimate of drug-likeness (QED) is 0.854. The van der Waals surface area contributed by atoms with E-state index in [9.17, 15) is 4.79 Å². The summed E-state index contributed by atoms with van der Waals surface area (Å²) < 4.78 is 1.70. The number of aromatic nitrogens is 3. The zero-order valence-corrected chi connectivity index (χ0v) is 10.1. The van der Waals surface area contributed by atoms with Gasteiger partial charge in [-0.15, -0.1) is 0 Å². The molecule has 0 aromatic carbocycles.